The number of aliphatic carboxylic acids is 1. The van der Waals surface area contributed by atoms with E-state index in [0.29, 0.717) is 0 Å². The zero-order valence-corrected chi connectivity index (χ0v) is 13.6. The SMILES string of the molecule is CC(C)(C)OC(=O)C(C(=O)O)C(N)Cc1ccccc1C(F)(F)F. The number of rotatable bonds is 5. The molecule has 8 heteroatoms. The maximum Gasteiger partial charge on any atom is 0.416 e. The number of alkyl halides is 3. The van der Waals surface area contributed by atoms with Crippen LogP contribution in [0.1, 0.15) is 31.9 Å². The van der Waals surface area contributed by atoms with Gasteiger partial charge in [-0.25, -0.2) is 0 Å². The first-order valence-electron chi connectivity index (χ1n) is 7.19. The Balaban J connectivity index is 3.05. The molecule has 3 N–H and O–H groups in total. The van der Waals surface area contributed by atoms with Crippen molar-refractivity contribution in [2.75, 3.05) is 0 Å². The Morgan fingerprint density at radius 1 is 1.21 bits per heavy atom. The normalized spacial score (nSPS) is 14.8. The molecule has 0 radical (unpaired) electrons. The van der Waals surface area contributed by atoms with Crippen molar-refractivity contribution in [3.63, 3.8) is 0 Å². The molecular formula is C16H20F3NO4. The topological polar surface area (TPSA) is 89.6 Å². The molecule has 5 nitrogen and oxygen atoms in total. The van der Waals surface area contributed by atoms with Gasteiger partial charge >= 0.3 is 18.1 Å². The van der Waals surface area contributed by atoms with Crippen molar-refractivity contribution in [1.82, 2.24) is 0 Å². The number of hydrogen-bond donors (Lipinski definition) is 2. The van der Waals surface area contributed by atoms with Crippen molar-refractivity contribution >= 4 is 11.9 Å². The van der Waals surface area contributed by atoms with Gasteiger partial charge in [-0.2, -0.15) is 13.2 Å². The largest absolute Gasteiger partial charge is 0.481 e. The molecule has 1 rings (SSSR count). The molecule has 0 spiro atoms. The Hall–Kier alpha value is -2.09. The fourth-order valence-corrected chi connectivity index (χ4v) is 2.17. The second-order valence-electron chi connectivity index (χ2n) is 6.37. The molecule has 0 amide bonds. The fourth-order valence-electron chi connectivity index (χ4n) is 2.17. The number of hydrogen-bond acceptors (Lipinski definition) is 4. The Morgan fingerprint density at radius 3 is 2.21 bits per heavy atom. The number of nitrogens with two attached hydrogens (primary N) is 1. The number of esters is 1. The first kappa shape index (κ1) is 20.0. The van der Waals surface area contributed by atoms with Crippen LogP contribution in [0, 0.1) is 5.92 Å². The zero-order chi connectivity index (χ0) is 18.7. The van der Waals surface area contributed by atoms with Crippen LogP contribution in [-0.2, 0) is 26.9 Å². The Labute approximate surface area is 137 Å². The van der Waals surface area contributed by atoms with E-state index in [1.807, 2.05) is 0 Å². The second-order valence-corrected chi connectivity index (χ2v) is 6.37. The highest BCUT2D eigenvalue weighted by Crippen LogP contribution is 2.32. The van der Waals surface area contributed by atoms with E-state index in [9.17, 15) is 27.9 Å². The summed E-state index contributed by atoms with van der Waals surface area (Å²) < 4.78 is 44.0. The maximum absolute atomic E-state index is 13.0. The molecule has 0 aliphatic rings. The lowest BCUT2D eigenvalue weighted by atomic mass is 9.91. The van der Waals surface area contributed by atoms with E-state index >= 15 is 0 Å². The molecule has 0 aliphatic carbocycles. The molecule has 1 aromatic carbocycles. The minimum Gasteiger partial charge on any atom is -0.481 e. The van der Waals surface area contributed by atoms with Gasteiger partial charge in [0.1, 0.15) is 5.60 Å². The molecule has 0 saturated heterocycles. The molecule has 0 heterocycles. The highest BCUT2D eigenvalue weighted by Gasteiger charge is 2.38. The van der Waals surface area contributed by atoms with Crippen LogP contribution < -0.4 is 5.73 Å². The van der Waals surface area contributed by atoms with Crippen molar-refractivity contribution in [2.45, 2.75) is 45.0 Å². The number of carboxylic acids is 1. The summed E-state index contributed by atoms with van der Waals surface area (Å²) in [5.74, 6) is -4.38. The standard InChI is InChI=1S/C16H20F3NO4/c1-15(2,3)24-14(23)12(13(21)22)11(20)8-9-6-4-5-7-10(9)16(17,18)19/h4-7,11-12H,8,20H2,1-3H3,(H,21,22). The van der Waals surface area contributed by atoms with Gasteiger partial charge in [-0.3, -0.25) is 9.59 Å². The molecule has 2 atom stereocenters. The molecule has 0 fully saturated rings. The summed E-state index contributed by atoms with van der Waals surface area (Å²) in [6.07, 6.45) is -5.02. The van der Waals surface area contributed by atoms with Gasteiger partial charge in [0.2, 0.25) is 0 Å². The van der Waals surface area contributed by atoms with Gasteiger partial charge in [0, 0.05) is 6.04 Å². The van der Waals surface area contributed by atoms with Crippen molar-refractivity contribution in [3.8, 4) is 0 Å². The lowest BCUT2D eigenvalue weighted by Gasteiger charge is -2.25. The Bertz CT molecular complexity index is 608. The molecular weight excluding hydrogens is 327 g/mol. The number of halogens is 3. The number of benzene rings is 1. The van der Waals surface area contributed by atoms with Gasteiger partial charge < -0.3 is 15.6 Å². The van der Waals surface area contributed by atoms with E-state index in [0.717, 1.165) is 6.07 Å². The van der Waals surface area contributed by atoms with Crippen molar-refractivity contribution in [2.24, 2.45) is 11.7 Å². The third kappa shape index (κ3) is 5.52. The summed E-state index contributed by atoms with van der Waals surface area (Å²) in [5, 5.41) is 9.22. The number of carbonyl (C=O) groups excluding carboxylic acids is 1. The summed E-state index contributed by atoms with van der Waals surface area (Å²) in [5.41, 5.74) is 3.72. The predicted octanol–water partition coefficient (Wildman–Crippen LogP) is 2.62. The summed E-state index contributed by atoms with van der Waals surface area (Å²) >= 11 is 0. The summed E-state index contributed by atoms with van der Waals surface area (Å²) in [6, 6.07) is 3.34. The quantitative estimate of drug-likeness (QED) is 0.631. The molecule has 134 valence electrons. The van der Waals surface area contributed by atoms with E-state index in [1.165, 1.54) is 18.2 Å². The van der Waals surface area contributed by atoms with Crippen molar-refractivity contribution in [1.29, 1.82) is 0 Å². The number of ether oxygens (including phenoxy) is 1. The highest BCUT2D eigenvalue weighted by molar-refractivity contribution is 5.95. The van der Waals surface area contributed by atoms with E-state index in [4.69, 9.17) is 10.5 Å². The van der Waals surface area contributed by atoms with Crippen LogP contribution in [0.15, 0.2) is 24.3 Å². The monoisotopic (exact) mass is 347 g/mol. The van der Waals surface area contributed by atoms with Crippen LogP contribution in [0.4, 0.5) is 13.2 Å². The molecule has 2 unspecified atom stereocenters. The average molecular weight is 347 g/mol. The van der Waals surface area contributed by atoms with E-state index in [2.05, 4.69) is 0 Å². The van der Waals surface area contributed by atoms with Gasteiger partial charge in [0.05, 0.1) is 5.56 Å². The van der Waals surface area contributed by atoms with Crippen molar-refractivity contribution < 1.29 is 32.6 Å². The fraction of sp³-hybridized carbons (Fsp3) is 0.500. The van der Waals surface area contributed by atoms with Crippen LogP contribution in [0.5, 0.6) is 0 Å². The number of carboxylic acid groups (broad SMARTS) is 1. The maximum atomic E-state index is 13.0. The third-order valence-corrected chi connectivity index (χ3v) is 3.13. The first-order valence-corrected chi connectivity index (χ1v) is 7.19. The van der Waals surface area contributed by atoms with Crippen LogP contribution in [0.2, 0.25) is 0 Å². The molecule has 0 bridgehead atoms. The molecule has 0 aromatic heterocycles. The summed E-state index contributed by atoms with van der Waals surface area (Å²) in [6.45, 7) is 4.65. The Kier molecular flexibility index (Phi) is 5.99. The van der Waals surface area contributed by atoms with Gasteiger partial charge in [0.15, 0.2) is 5.92 Å². The summed E-state index contributed by atoms with van der Waals surface area (Å²) in [4.78, 5) is 23.3. The number of carbonyl (C=O) groups is 2. The molecule has 24 heavy (non-hydrogen) atoms. The lowest BCUT2D eigenvalue weighted by molar-refractivity contribution is -0.167. The van der Waals surface area contributed by atoms with Crippen LogP contribution >= 0.6 is 0 Å². The Morgan fingerprint density at radius 2 is 1.75 bits per heavy atom. The van der Waals surface area contributed by atoms with Gasteiger partial charge in [-0.1, -0.05) is 18.2 Å². The third-order valence-electron chi connectivity index (χ3n) is 3.13. The first-order chi connectivity index (χ1) is 10.8. The van der Waals surface area contributed by atoms with Gasteiger partial charge in [-0.05, 0) is 38.8 Å². The smallest absolute Gasteiger partial charge is 0.416 e. The zero-order valence-electron chi connectivity index (χ0n) is 13.6. The second kappa shape index (κ2) is 7.21. The van der Waals surface area contributed by atoms with E-state index in [1.54, 1.807) is 20.8 Å². The molecule has 0 saturated carbocycles. The van der Waals surface area contributed by atoms with E-state index in [-0.39, 0.29) is 5.56 Å². The van der Waals surface area contributed by atoms with Crippen LogP contribution in [-0.4, -0.2) is 28.7 Å². The average Bonchev–Trinajstić information content (AvgIpc) is 2.35. The van der Waals surface area contributed by atoms with Crippen LogP contribution in [0.25, 0.3) is 0 Å². The van der Waals surface area contributed by atoms with Gasteiger partial charge in [-0.15, -0.1) is 0 Å². The van der Waals surface area contributed by atoms with E-state index < -0.39 is 47.7 Å². The predicted molar refractivity (Wildman–Crippen MR) is 80.1 cm³/mol. The van der Waals surface area contributed by atoms with Crippen LogP contribution in [0.3, 0.4) is 0 Å². The molecule has 1 aromatic rings. The molecule has 0 aliphatic heterocycles. The minimum absolute atomic E-state index is 0.174. The lowest BCUT2D eigenvalue weighted by Crippen LogP contribution is -2.45. The highest BCUT2D eigenvalue weighted by atomic mass is 19.4. The van der Waals surface area contributed by atoms with Crippen molar-refractivity contribution in [3.05, 3.63) is 35.4 Å². The minimum atomic E-state index is -4.60. The van der Waals surface area contributed by atoms with Gasteiger partial charge in [0.25, 0.3) is 0 Å². The summed E-state index contributed by atoms with van der Waals surface area (Å²) in [7, 11) is 0.